The Morgan fingerprint density at radius 1 is 1.17 bits per heavy atom. The largest absolute Gasteiger partial charge is 0.345 e. The fourth-order valence-corrected chi connectivity index (χ4v) is 2.52. The van der Waals surface area contributed by atoms with Crippen LogP contribution in [0.4, 0.5) is 5.69 Å². The third kappa shape index (κ3) is 3.74. The van der Waals surface area contributed by atoms with Crippen LogP contribution in [0.15, 0.2) is 42.5 Å². The van der Waals surface area contributed by atoms with Crippen molar-refractivity contribution in [2.24, 2.45) is 0 Å². The lowest BCUT2D eigenvalue weighted by Crippen LogP contribution is -2.28. The van der Waals surface area contributed by atoms with Gasteiger partial charge in [-0.25, -0.2) is 0 Å². The number of nitro groups is 1. The van der Waals surface area contributed by atoms with Crippen LogP contribution in [-0.4, -0.2) is 10.8 Å². The van der Waals surface area contributed by atoms with Gasteiger partial charge < -0.3 is 5.32 Å². The van der Waals surface area contributed by atoms with Crippen LogP contribution < -0.4 is 5.32 Å². The molecule has 0 radical (unpaired) electrons. The average molecular weight is 312 g/mol. The Kier molecular flexibility index (Phi) is 5.11. The van der Waals surface area contributed by atoms with E-state index >= 15 is 0 Å². The van der Waals surface area contributed by atoms with Gasteiger partial charge in [0.25, 0.3) is 11.6 Å². The topological polar surface area (TPSA) is 72.2 Å². The number of benzene rings is 2. The maximum atomic E-state index is 12.5. The van der Waals surface area contributed by atoms with Crippen molar-refractivity contribution in [2.75, 3.05) is 0 Å². The molecule has 120 valence electrons. The monoisotopic (exact) mass is 312 g/mol. The first-order valence-electron chi connectivity index (χ1n) is 7.55. The van der Waals surface area contributed by atoms with Gasteiger partial charge in [-0.2, -0.15) is 0 Å². The minimum atomic E-state index is -0.469. The van der Waals surface area contributed by atoms with E-state index in [0.717, 1.165) is 17.5 Å². The van der Waals surface area contributed by atoms with Gasteiger partial charge in [-0.05, 0) is 31.9 Å². The SMILES string of the molecule is CC[C@@H](NC(=O)c1cccc([N+](=O)[O-])c1C)c1ccc(C)cc1. The van der Waals surface area contributed by atoms with Crippen molar-refractivity contribution in [2.45, 2.75) is 33.2 Å². The van der Waals surface area contributed by atoms with Crippen LogP contribution in [-0.2, 0) is 0 Å². The van der Waals surface area contributed by atoms with Gasteiger partial charge in [0.2, 0.25) is 0 Å². The van der Waals surface area contributed by atoms with E-state index in [-0.39, 0.29) is 17.6 Å². The second-order valence-electron chi connectivity index (χ2n) is 5.55. The Hall–Kier alpha value is -2.69. The van der Waals surface area contributed by atoms with Crippen LogP contribution in [0.5, 0.6) is 0 Å². The maximum absolute atomic E-state index is 12.5. The van der Waals surface area contributed by atoms with Crippen molar-refractivity contribution in [1.29, 1.82) is 0 Å². The molecule has 0 aliphatic heterocycles. The molecule has 0 bridgehead atoms. The van der Waals surface area contributed by atoms with Gasteiger partial charge in [0.05, 0.1) is 11.0 Å². The van der Waals surface area contributed by atoms with E-state index in [1.54, 1.807) is 13.0 Å². The van der Waals surface area contributed by atoms with Crippen molar-refractivity contribution < 1.29 is 9.72 Å². The van der Waals surface area contributed by atoms with Crippen LogP contribution in [0, 0.1) is 24.0 Å². The molecule has 2 aromatic carbocycles. The summed E-state index contributed by atoms with van der Waals surface area (Å²) in [5, 5.41) is 14.0. The zero-order chi connectivity index (χ0) is 17.0. The van der Waals surface area contributed by atoms with Gasteiger partial charge in [0.1, 0.15) is 0 Å². The summed E-state index contributed by atoms with van der Waals surface area (Å²) in [7, 11) is 0. The Morgan fingerprint density at radius 3 is 2.39 bits per heavy atom. The highest BCUT2D eigenvalue weighted by molar-refractivity contribution is 5.96. The van der Waals surface area contributed by atoms with E-state index in [0.29, 0.717) is 11.1 Å². The smallest absolute Gasteiger partial charge is 0.273 e. The lowest BCUT2D eigenvalue weighted by molar-refractivity contribution is -0.385. The molecule has 5 nitrogen and oxygen atoms in total. The molecule has 0 saturated heterocycles. The number of rotatable bonds is 5. The molecular weight excluding hydrogens is 292 g/mol. The van der Waals surface area contributed by atoms with E-state index in [4.69, 9.17) is 0 Å². The van der Waals surface area contributed by atoms with Crippen molar-refractivity contribution >= 4 is 11.6 Å². The molecule has 0 fully saturated rings. The highest BCUT2D eigenvalue weighted by Crippen LogP contribution is 2.23. The summed E-state index contributed by atoms with van der Waals surface area (Å²) in [6.45, 7) is 5.60. The van der Waals surface area contributed by atoms with Crippen LogP contribution in [0.3, 0.4) is 0 Å². The number of carbonyl (C=O) groups is 1. The third-order valence-corrected chi connectivity index (χ3v) is 3.94. The summed E-state index contributed by atoms with van der Waals surface area (Å²) in [6, 6.07) is 12.4. The summed E-state index contributed by atoms with van der Waals surface area (Å²) in [6.07, 6.45) is 0.739. The average Bonchev–Trinajstić information content (AvgIpc) is 2.53. The van der Waals surface area contributed by atoms with Gasteiger partial charge in [0, 0.05) is 17.2 Å². The molecule has 2 rings (SSSR count). The fourth-order valence-electron chi connectivity index (χ4n) is 2.52. The van der Waals surface area contributed by atoms with Crippen LogP contribution >= 0.6 is 0 Å². The molecule has 5 heteroatoms. The van der Waals surface area contributed by atoms with Gasteiger partial charge in [-0.15, -0.1) is 0 Å². The van der Waals surface area contributed by atoms with Crippen LogP contribution in [0.1, 0.15) is 46.4 Å². The first-order chi connectivity index (χ1) is 10.9. The summed E-state index contributed by atoms with van der Waals surface area (Å²) < 4.78 is 0. The van der Waals surface area contributed by atoms with Crippen LogP contribution in [0.25, 0.3) is 0 Å². The zero-order valence-electron chi connectivity index (χ0n) is 13.5. The molecular formula is C18H20N2O3. The zero-order valence-corrected chi connectivity index (χ0v) is 13.5. The highest BCUT2D eigenvalue weighted by Gasteiger charge is 2.20. The number of nitrogens with zero attached hydrogens (tertiary/aromatic N) is 1. The molecule has 1 amide bonds. The van der Waals surface area contributed by atoms with Crippen molar-refractivity contribution in [3.63, 3.8) is 0 Å². The normalized spacial score (nSPS) is 11.8. The number of nitrogens with one attached hydrogen (secondary N) is 1. The molecule has 0 spiro atoms. The van der Waals surface area contributed by atoms with Gasteiger partial charge in [0.15, 0.2) is 0 Å². The molecule has 0 saturated carbocycles. The van der Waals surface area contributed by atoms with Gasteiger partial charge in [-0.1, -0.05) is 42.8 Å². The number of aryl methyl sites for hydroxylation is 1. The predicted octanol–water partition coefficient (Wildman–Crippen LogP) is 4.09. The first kappa shape index (κ1) is 16.7. The molecule has 1 N–H and O–H groups in total. The number of amides is 1. The Morgan fingerprint density at radius 2 is 1.83 bits per heavy atom. The summed E-state index contributed by atoms with van der Waals surface area (Å²) >= 11 is 0. The predicted molar refractivity (Wildman–Crippen MR) is 89.5 cm³/mol. The Bertz CT molecular complexity index is 724. The lowest BCUT2D eigenvalue weighted by atomic mass is 10.0. The Balaban J connectivity index is 2.25. The lowest BCUT2D eigenvalue weighted by Gasteiger charge is -2.18. The third-order valence-electron chi connectivity index (χ3n) is 3.94. The van der Waals surface area contributed by atoms with Crippen molar-refractivity contribution in [3.05, 3.63) is 74.8 Å². The van der Waals surface area contributed by atoms with E-state index in [1.807, 2.05) is 38.1 Å². The number of hydrogen-bond acceptors (Lipinski definition) is 3. The Labute approximate surface area is 135 Å². The molecule has 0 heterocycles. The number of carbonyl (C=O) groups excluding carboxylic acids is 1. The first-order valence-corrected chi connectivity index (χ1v) is 7.55. The standard InChI is InChI=1S/C18H20N2O3/c1-4-16(14-10-8-12(2)9-11-14)19-18(21)15-6-5-7-17(13(15)3)20(22)23/h5-11,16H,4H2,1-3H3,(H,19,21)/t16-/m1/s1. The maximum Gasteiger partial charge on any atom is 0.273 e. The molecule has 0 aromatic heterocycles. The molecule has 23 heavy (non-hydrogen) atoms. The second-order valence-corrected chi connectivity index (χ2v) is 5.55. The summed E-state index contributed by atoms with van der Waals surface area (Å²) in [4.78, 5) is 23.0. The van der Waals surface area contributed by atoms with E-state index in [2.05, 4.69) is 5.32 Å². The molecule has 2 aromatic rings. The summed E-state index contributed by atoms with van der Waals surface area (Å²) in [5.74, 6) is -0.293. The highest BCUT2D eigenvalue weighted by atomic mass is 16.6. The molecule has 0 aliphatic carbocycles. The van der Waals surface area contributed by atoms with E-state index < -0.39 is 4.92 Å². The molecule has 0 unspecified atom stereocenters. The van der Waals surface area contributed by atoms with Crippen molar-refractivity contribution in [1.82, 2.24) is 5.32 Å². The van der Waals surface area contributed by atoms with Gasteiger partial charge in [-0.3, -0.25) is 14.9 Å². The van der Waals surface area contributed by atoms with E-state index in [9.17, 15) is 14.9 Å². The summed E-state index contributed by atoms with van der Waals surface area (Å²) in [5.41, 5.74) is 2.86. The minimum Gasteiger partial charge on any atom is -0.345 e. The van der Waals surface area contributed by atoms with Gasteiger partial charge >= 0.3 is 0 Å². The number of nitro benzene ring substituents is 1. The van der Waals surface area contributed by atoms with Crippen LogP contribution in [0.2, 0.25) is 0 Å². The van der Waals surface area contributed by atoms with Crippen molar-refractivity contribution in [3.8, 4) is 0 Å². The molecule has 1 atom stereocenters. The number of hydrogen-bond donors (Lipinski definition) is 1. The van der Waals surface area contributed by atoms with E-state index in [1.165, 1.54) is 12.1 Å². The quantitative estimate of drug-likeness (QED) is 0.667. The minimum absolute atomic E-state index is 0.0407. The fraction of sp³-hybridized carbons (Fsp3) is 0.278. The molecule has 0 aliphatic rings. The second kappa shape index (κ2) is 7.05.